The number of hydrogen-bond acceptors (Lipinski definition) is 6. The number of aliphatic hydroxyl groups is 2. The minimum Gasteiger partial charge on any atom is -0.461 e. The molecular weight excluding hydrogens is 554 g/mol. The number of ether oxygens (including phenoxy) is 2. The van der Waals surface area contributed by atoms with Crippen molar-refractivity contribution in [1.29, 1.82) is 0 Å². The molecular formula is C34H50ClNO6. The van der Waals surface area contributed by atoms with Gasteiger partial charge in [-0.05, 0) is 103 Å². The van der Waals surface area contributed by atoms with Gasteiger partial charge in [0.2, 0.25) is 0 Å². The predicted molar refractivity (Wildman–Crippen MR) is 162 cm³/mol. The van der Waals surface area contributed by atoms with Crippen LogP contribution in [0.1, 0.15) is 84.1 Å². The Bertz CT molecular complexity index is 1090. The van der Waals surface area contributed by atoms with Gasteiger partial charge in [-0.2, -0.15) is 0 Å². The van der Waals surface area contributed by atoms with Crippen LogP contribution in [0.2, 0.25) is 0 Å². The van der Waals surface area contributed by atoms with Gasteiger partial charge >= 0.3 is 12.1 Å². The Balaban J connectivity index is 1.21. The molecule has 4 saturated carbocycles. The second kappa shape index (κ2) is 13.0. The van der Waals surface area contributed by atoms with Crippen LogP contribution in [-0.2, 0) is 20.9 Å². The third kappa shape index (κ3) is 6.08. The molecule has 0 spiro atoms. The van der Waals surface area contributed by atoms with Gasteiger partial charge in [-0.1, -0.05) is 51.1 Å². The first-order chi connectivity index (χ1) is 20.1. The van der Waals surface area contributed by atoms with Gasteiger partial charge in [-0.15, -0.1) is 11.6 Å². The van der Waals surface area contributed by atoms with Gasteiger partial charge in [0.1, 0.15) is 12.7 Å². The molecule has 0 unspecified atom stereocenters. The summed E-state index contributed by atoms with van der Waals surface area (Å²) < 4.78 is 11.2. The van der Waals surface area contributed by atoms with E-state index in [0.29, 0.717) is 37.8 Å². The topological polar surface area (TPSA) is 105 Å². The Morgan fingerprint density at radius 3 is 2.57 bits per heavy atom. The molecule has 0 aliphatic heterocycles. The van der Waals surface area contributed by atoms with Gasteiger partial charge in [0.25, 0.3) is 0 Å². The third-order valence-electron chi connectivity index (χ3n) is 12.2. The lowest BCUT2D eigenvalue weighted by atomic mass is 9.43. The summed E-state index contributed by atoms with van der Waals surface area (Å²) in [6.07, 6.45) is 5.61. The maximum Gasteiger partial charge on any atom is 0.407 e. The minimum absolute atomic E-state index is 0.00486. The summed E-state index contributed by atoms with van der Waals surface area (Å²) in [6.45, 7) is 7.51. The zero-order chi connectivity index (χ0) is 30.1. The average molecular weight is 604 g/mol. The van der Waals surface area contributed by atoms with Crippen molar-refractivity contribution in [1.82, 2.24) is 5.32 Å². The molecule has 11 atom stereocenters. The van der Waals surface area contributed by atoms with Crippen LogP contribution >= 0.6 is 11.6 Å². The molecule has 0 bridgehead atoms. The number of carbonyl (C=O) groups is 2. The Morgan fingerprint density at radius 2 is 1.83 bits per heavy atom. The van der Waals surface area contributed by atoms with Gasteiger partial charge in [0, 0.05) is 18.8 Å². The van der Waals surface area contributed by atoms with Crippen molar-refractivity contribution in [3.05, 3.63) is 35.9 Å². The molecule has 234 valence electrons. The first-order valence-corrected chi connectivity index (χ1v) is 16.7. The monoisotopic (exact) mass is 603 g/mol. The smallest absolute Gasteiger partial charge is 0.407 e. The van der Waals surface area contributed by atoms with Crippen LogP contribution in [-0.4, -0.2) is 53.0 Å². The van der Waals surface area contributed by atoms with Gasteiger partial charge < -0.3 is 25.0 Å². The van der Waals surface area contributed by atoms with E-state index >= 15 is 0 Å². The number of esters is 1. The summed E-state index contributed by atoms with van der Waals surface area (Å²) in [5.41, 5.74) is 0.713. The lowest BCUT2D eigenvalue weighted by Gasteiger charge is -2.63. The van der Waals surface area contributed by atoms with E-state index in [4.69, 9.17) is 21.1 Å². The number of hydrogen-bond donors (Lipinski definition) is 3. The molecule has 0 aromatic heterocycles. The molecule has 0 saturated heterocycles. The number of aliphatic hydroxyl groups excluding tert-OH is 2. The minimum atomic E-state index is -0.443. The van der Waals surface area contributed by atoms with Crippen LogP contribution in [0.3, 0.4) is 0 Å². The normalized spacial score (nSPS) is 39.8. The standard InChI is InChI=1S/C34H50ClNO6/c1-21(9-12-30(39)41-20-22-7-5-4-6-8-22)25-10-11-26-31-27(19-29(38)34(25,26)3)33(2)14-13-24(17-23(33)18-28(31)37)42-32(40)36-16-15-35/h4-8,21,23-29,31,37-38H,9-20H2,1-3H3,(H,36,40)/t21-,23+,24-,25-,26+,27+,28-,29+,31+,33+,34-/m1/s1. The van der Waals surface area contributed by atoms with Gasteiger partial charge in [-0.25, -0.2) is 4.79 Å². The van der Waals surface area contributed by atoms with Crippen molar-refractivity contribution in [3.63, 3.8) is 0 Å². The maximum atomic E-state index is 12.6. The van der Waals surface area contributed by atoms with E-state index < -0.39 is 18.3 Å². The van der Waals surface area contributed by atoms with E-state index in [1.54, 1.807) is 0 Å². The summed E-state index contributed by atoms with van der Waals surface area (Å²) in [5.74, 6) is 1.66. The maximum absolute atomic E-state index is 12.6. The quantitative estimate of drug-likeness (QED) is 0.233. The summed E-state index contributed by atoms with van der Waals surface area (Å²) >= 11 is 5.69. The Kier molecular flexibility index (Phi) is 9.80. The summed E-state index contributed by atoms with van der Waals surface area (Å²) in [6, 6.07) is 9.74. The van der Waals surface area contributed by atoms with E-state index in [1.807, 2.05) is 30.3 Å². The van der Waals surface area contributed by atoms with Crippen molar-refractivity contribution >= 4 is 23.7 Å². The Labute approximate surface area is 256 Å². The number of benzene rings is 1. The highest BCUT2D eigenvalue weighted by Crippen LogP contribution is 2.68. The third-order valence-corrected chi connectivity index (χ3v) is 12.4. The number of amides is 1. The Morgan fingerprint density at radius 1 is 1.07 bits per heavy atom. The first kappa shape index (κ1) is 31.6. The number of carbonyl (C=O) groups excluding carboxylic acids is 2. The predicted octanol–water partition coefficient (Wildman–Crippen LogP) is 6.08. The van der Waals surface area contributed by atoms with Crippen LogP contribution in [0, 0.1) is 46.3 Å². The van der Waals surface area contributed by atoms with E-state index in [1.165, 1.54) is 0 Å². The Hall–Kier alpha value is -1.83. The number of alkyl halides is 1. The van der Waals surface area contributed by atoms with Crippen LogP contribution in [0.15, 0.2) is 30.3 Å². The summed E-state index contributed by atoms with van der Waals surface area (Å²) in [5, 5.41) is 26.2. The molecule has 1 aromatic carbocycles. The number of fused-ring (bicyclic) bond motifs is 5. The highest BCUT2D eigenvalue weighted by Gasteiger charge is 2.65. The fraction of sp³-hybridized carbons (Fsp3) is 0.765. The van der Waals surface area contributed by atoms with Crippen molar-refractivity contribution in [2.75, 3.05) is 12.4 Å². The molecule has 5 rings (SSSR count). The van der Waals surface area contributed by atoms with Crippen molar-refractivity contribution < 1.29 is 29.3 Å². The van der Waals surface area contributed by atoms with Gasteiger partial charge in [0.15, 0.2) is 0 Å². The fourth-order valence-electron chi connectivity index (χ4n) is 9.92. The number of alkyl carbamates (subject to hydrolysis) is 1. The molecule has 1 aromatic rings. The van der Waals surface area contributed by atoms with E-state index in [2.05, 4.69) is 26.1 Å². The second-order valence-corrected chi connectivity index (χ2v) is 14.6. The molecule has 4 aliphatic carbocycles. The second-order valence-electron chi connectivity index (χ2n) is 14.2. The molecule has 0 radical (unpaired) electrons. The van der Waals surface area contributed by atoms with Crippen LogP contribution in [0.25, 0.3) is 0 Å². The van der Waals surface area contributed by atoms with Crippen LogP contribution in [0.5, 0.6) is 0 Å². The SMILES string of the molecule is C[C@H](CCC(=O)OCc1ccccc1)[C@H]1CC[C@H]2[C@@H]3[C@H](O)C[C@@H]4C[C@H](OC(=O)NCCCl)CC[C@]4(C)[C@H]3C[C@H](O)[C@]12C. The average Bonchev–Trinajstić information content (AvgIpc) is 3.34. The van der Waals surface area contributed by atoms with Crippen molar-refractivity contribution in [2.45, 2.75) is 103 Å². The van der Waals surface area contributed by atoms with Crippen LogP contribution in [0.4, 0.5) is 4.79 Å². The highest BCUT2D eigenvalue weighted by molar-refractivity contribution is 6.18. The van der Waals surface area contributed by atoms with Gasteiger partial charge in [0.05, 0.1) is 12.2 Å². The fourth-order valence-corrected chi connectivity index (χ4v) is 10.0. The molecule has 0 heterocycles. The highest BCUT2D eigenvalue weighted by atomic mass is 35.5. The van der Waals surface area contributed by atoms with E-state index in [9.17, 15) is 19.8 Å². The van der Waals surface area contributed by atoms with Gasteiger partial charge in [-0.3, -0.25) is 4.79 Å². The zero-order valence-electron chi connectivity index (χ0n) is 25.5. The van der Waals surface area contributed by atoms with Crippen molar-refractivity contribution in [2.24, 2.45) is 46.3 Å². The molecule has 1 amide bonds. The number of rotatable bonds is 9. The molecule has 3 N–H and O–H groups in total. The summed E-state index contributed by atoms with van der Waals surface area (Å²) in [4.78, 5) is 24.7. The molecule has 4 fully saturated rings. The van der Waals surface area contributed by atoms with Crippen LogP contribution < -0.4 is 5.32 Å². The van der Waals surface area contributed by atoms with E-state index in [0.717, 1.165) is 50.5 Å². The van der Waals surface area contributed by atoms with E-state index in [-0.39, 0.29) is 52.5 Å². The number of halogens is 1. The first-order valence-electron chi connectivity index (χ1n) is 16.1. The summed E-state index contributed by atoms with van der Waals surface area (Å²) in [7, 11) is 0. The molecule has 7 nitrogen and oxygen atoms in total. The molecule has 8 heteroatoms. The number of nitrogens with one attached hydrogen (secondary N) is 1. The zero-order valence-corrected chi connectivity index (χ0v) is 26.2. The lowest BCUT2D eigenvalue weighted by molar-refractivity contribution is -0.207. The lowest BCUT2D eigenvalue weighted by Crippen LogP contribution is -2.62. The largest absolute Gasteiger partial charge is 0.461 e. The molecule has 4 aliphatic rings. The van der Waals surface area contributed by atoms with Crippen molar-refractivity contribution in [3.8, 4) is 0 Å². The molecule has 42 heavy (non-hydrogen) atoms.